The van der Waals surface area contributed by atoms with Gasteiger partial charge in [0.1, 0.15) is 22.1 Å². The topological polar surface area (TPSA) is 37.8 Å². The van der Waals surface area contributed by atoms with Crippen LogP contribution < -0.4 is 5.32 Å². The second kappa shape index (κ2) is 4.89. The standard InChI is InChI=1S/C14H13BrFN3/c1-8-10(16)3-2-4-11(8)17-13-7-12(15)18-14(19-13)9-5-6-9/h2-4,7,9H,5-6H2,1H3,(H,17,18,19). The largest absolute Gasteiger partial charge is 0.340 e. The molecule has 0 atom stereocenters. The zero-order valence-corrected chi connectivity index (χ0v) is 12.0. The van der Waals surface area contributed by atoms with Crippen molar-refractivity contribution in [2.24, 2.45) is 0 Å². The molecule has 98 valence electrons. The molecule has 1 fully saturated rings. The van der Waals surface area contributed by atoms with Gasteiger partial charge in [0, 0.05) is 23.2 Å². The number of rotatable bonds is 3. The molecule has 0 bridgehead atoms. The summed E-state index contributed by atoms with van der Waals surface area (Å²) in [6.07, 6.45) is 2.30. The molecule has 3 rings (SSSR count). The van der Waals surface area contributed by atoms with Crippen LogP contribution in [0.2, 0.25) is 0 Å². The molecule has 1 aromatic heterocycles. The fraction of sp³-hybridized carbons (Fsp3) is 0.286. The molecule has 0 spiro atoms. The lowest BCUT2D eigenvalue weighted by atomic mass is 10.2. The molecule has 0 unspecified atom stereocenters. The fourth-order valence-corrected chi connectivity index (χ4v) is 2.30. The molecule has 0 aliphatic heterocycles. The van der Waals surface area contributed by atoms with Gasteiger partial charge in [0.25, 0.3) is 0 Å². The third-order valence-electron chi connectivity index (χ3n) is 3.19. The van der Waals surface area contributed by atoms with Gasteiger partial charge in [-0.2, -0.15) is 0 Å². The van der Waals surface area contributed by atoms with E-state index in [4.69, 9.17) is 0 Å². The van der Waals surface area contributed by atoms with E-state index in [9.17, 15) is 4.39 Å². The lowest BCUT2D eigenvalue weighted by Crippen LogP contribution is -2.01. The predicted molar refractivity (Wildman–Crippen MR) is 76.1 cm³/mol. The van der Waals surface area contributed by atoms with Crippen molar-refractivity contribution in [3.63, 3.8) is 0 Å². The van der Waals surface area contributed by atoms with Gasteiger partial charge in [0.05, 0.1) is 0 Å². The maximum atomic E-state index is 13.5. The van der Waals surface area contributed by atoms with E-state index in [1.165, 1.54) is 6.07 Å². The first-order chi connectivity index (χ1) is 9.13. The van der Waals surface area contributed by atoms with Crippen LogP contribution in [0.15, 0.2) is 28.9 Å². The molecule has 1 saturated carbocycles. The van der Waals surface area contributed by atoms with Gasteiger partial charge < -0.3 is 5.32 Å². The van der Waals surface area contributed by atoms with Crippen LogP contribution in [0.4, 0.5) is 15.9 Å². The smallest absolute Gasteiger partial charge is 0.135 e. The Morgan fingerprint density at radius 1 is 1.32 bits per heavy atom. The van der Waals surface area contributed by atoms with Crippen molar-refractivity contribution in [3.05, 3.63) is 46.1 Å². The van der Waals surface area contributed by atoms with Gasteiger partial charge in [-0.3, -0.25) is 0 Å². The molecule has 0 amide bonds. The summed E-state index contributed by atoms with van der Waals surface area (Å²) in [6.45, 7) is 1.75. The highest BCUT2D eigenvalue weighted by Gasteiger charge is 2.27. The van der Waals surface area contributed by atoms with Crippen molar-refractivity contribution in [3.8, 4) is 0 Å². The molecule has 19 heavy (non-hydrogen) atoms. The van der Waals surface area contributed by atoms with Crippen LogP contribution >= 0.6 is 15.9 Å². The van der Waals surface area contributed by atoms with Gasteiger partial charge in [-0.1, -0.05) is 6.07 Å². The van der Waals surface area contributed by atoms with Crippen molar-refractivity contribution in [2.75, 3.05) is 5.32 Å². The number of hydrogen-bond donors (Lipinski definition) is 1. The quantitative estimate of drug-likeness (QED) is 0.856. The number of hydrogen-bond acceptors (Lipinski definition) is 3. The number of halogens is 2. The second-order valence-corrected chi connectivity index (χ2v) is 5.56. The summed E-state index contributed by atoms with van der Waals surface area (Å²) in [7, 11) is 0. The van der Waals surface area contributed by atoms with Gasteiger partial charge in [0.2, 0.25) is 0 Å². The van der Waals surface area contributed by atoms with Gasteiger partial charge in [-0.25, -0.2) is 14.4 Å². The maximum Gasteiger partial charge on any atom is 0.135 e. The Labute approximate surface area is 119 Å². The summed E-state index contributed by atoms with van der Waals surface area (Å²) >= 11 is 3.39. The lowest BCUT2D eigenvalue weighted by molar-refractivity contribution is 0.619. The average molecular weight is 322 g/mol. The molecule has 2 aromatic rings. The van der Waals surface area contributed by atoms with E-state index in [1.807, 2.05) is 6.07 Å². The third-order valence-corrected chi connectivity index (χ3v) is 3.59. The first kappa shape index (κ1) is 12.5. The van der Waals surface area contributed by atoms with Crippen molar-refractivity contribution in [1.82, 2.24) is 9.97 Å². The molecule has 1 heterocycles. The third kappa shape index (κ3) is 2.76. The van der Waals surface area contributed by atoms with Crippen LogP contribution in [0.25, 0.3) is 0 Å². The summed E-state index contributed by atoms with van der Waals surface area (Å²) < 4.78 is 14.2. The molecule has 3 nitrogen and oxygen atoms in total. The highest BCUT2D eigenvalue weighted by Crippen LogP contribution is 2.39. The van der Waals surface area contributed by atoms with E-state index in [-0.39, 0.29) is 5.82 Å². The second-order valence-electron chi connectivity index (χ2n) is 4.75. The lowest BCUT2D eigenvalue weighted by Gasteiger charge is -2.10. The Bertz CT molecular complexity index is 626. The van der Waals surface area contributed by atoms with E-state index >= 15 is 0 Å². The van der Waals surface area contributed by atoms with Crippen molar-refractivity contribution >= 4 is 27.4 Å². The zero-order valence-electron chi connectivity index (χ0n) is 10.5. The van der Waals surface area contributed by atoms with Crippen LogP contribution in [-0.2, 0) is 0 Å². The Morgan fingerprint density at radius 3 is 2.84 bits per heavy atom. The monoisotopic (exact) mass is 321 g/mol. The first-order valence-corrected chi connectivity index (χ1v) is 6.99. The van der Waals surface area contributed by atoms with E-state index in [0.717, 1.165) is 29.0 Å². The first-order valence-electron chi connectivity index (χ1n) is 6.20. The molecule has 1 aliphatic carbocycles. The molecule has 5 heteroatoms. The minimum Gasteiger partial charge on any atom is -0.340 e. The van der Waals surface area contributed by atoms with E-state index in [0.29, 0.717) is 17.3 Å². The Hall–Kier alpha value is -1.49. The number of benzene rings is 1. The normalized spacial score (nSPS) is 14.5. The van der Waals surface area contributed by atoms with Crippen LogP contribution in [0.3, 0.4) is 0 Å². The summed E-state index contributed by atoms with van der Waals surface area (Å²) in [6, 6.07) is 6.77. The number of aromatic nitrogens is 2. The molecule has 1 aromatic carbocycles. The van der Waals surface area contributed by atoms with Gasteiger partial charge in [0.15, 0.2) is 0 Å². The van der Waals surface area contributed by atoms with E-state index in [2.05, 4.69) is 31.2 Å². The predicted octanol–water partition coefficient (Wildman–Crippen LogP) is 4.31. The maximum absolute atomic E-state index is 13.5. The van der Waals surface area contributed by atoms with Gasteiger partial charge in [-0.15, -0.1) is 0 Å². The summed E-state index contributed by atoms with van der Waals surface area (Å²) in [4.78, 5) is 8.86. The highest BCUT2D eigenvalue weighted by atomic mass is 79.9. The summed E-state index contributed by atoms with van der Waals surface area (Å²) in [5.74, 6) is 1.80. The van der Waals surface area contributed by atoms with Crippen LogP contribution in [-0.4, -0.2) is 9.97 Å². The van der Waals surface area contributed by atoms with Gasteiger partial charge >= 0.3 is 0 Å². The number of nitrogens with one attached hydrogen (secondary N) is 1. The van der Waals surface area contributed by atoms with Crippen LogP contribution in [0.1, 0.15) is 30.1 Å². The fourth-order valence-electron chi connectivity index (χ4n) is 1.90. The number of anilines is 2. The average Bonchev–Trinajstić information content (AvgIpc) is 3.18. The van der Waals surface area contributed by atoms with Crippen LogP contribution in [0, 0.1) is 12.7 Å². The molecule has 1 aliphatic rings. The van der Waals surface area contributed by atoms with Crippen molar-refractivity contribution in [2.45, 2.75) is 25.7 Å². The Morgan fingerprint density at radius 2 is 2.11 bits per heavy atom. The SMILES string of the molecule is Cc1c(F)cccc1Nc1cc(Br)nc(C2CC2)n1. The van der Waals surface area contributed by atoms with E-state index < -0.39 is 0 Å². The molecule has 0 radical (unpaired) electrons. The van der Waals surface area contributed by atoms with Crippen LogP contribution in [0.5, 0.6) is 0 Å². The van der Waals surface area contributed by atoms with Crippen molar-refractivity contribution in [1.29, 1.82) is 0 Å². The molecule has 1 N–H and O–H groups in total. The highest BCUT2D eigenvalue weighted by molar-refractivity contribution is 9.10. The minimum atomic E-state index is -0.222. The summed E-state index contributed by atoms with van der Waals surface area (Å²) in [5.41, 5.74) is 1.32. The molecular formula is C14H13BrFN3. The van der Waals surface area contributed by atoms with Crippen molar-refractivity contribution < 1.29 is 4.39 Å². The Kier molecular flexibility index (Phi) is 3.22. The Balaban J connectivity index is 1.92. The molecular weight excluding hydrogens is 309 g/mol. The van der Waals surface area contributed by atoms with Gasteiger partial charge in [-0.05, 0) is 47.8 Å². The molecule has 0 saturated heterocycles. The zero-order chi connectivity index (χ0) is 13.4. The summed E-state index contributed by atoms with van der Waals surface area (Å²) in [5, 5.41) is 3.16. The van der Waals surface area contributed by atoms with E-state index in [1.54, 1.807) is 19.1 Å². The minimum absolute atomic E-state index is 0.222. The number of nitrogens with zero attached hydrogens (tertiary/aromatic N) is 2.